The van der Waals surface area contributed by atoms with Crippen molar-refractivity contribution in [2.45, 2.75) is 19.8 Å². The molecule has 0 saturated carbocycles. The molecule has 0 bridgehead atoms. The van der Waals surface area contributed by atoms with Gasteiger partial charge in [-0.1, -0.05) is 41.2 Å². The van der Waals surface area contributed by atoms with Crippen molar-refractivity contribution >= 4 is 38.5 Å². The van der Waals surface area contributed by atoms with E-state index in [2.05, 4.69) is 4.98 Å². The monoisotopic (exact) mass is 366 g/mol. The number of thiazole rings is 1. The molecule has 1 saturated heterocycles. The smallest absolute Gasteiger partial charge is 0.239 e. The Morgan fingerprint density at radius 3 is 2.69 bits per heavy atom. The molecule has 0 radical (unpaired) electrons. The summed E-state index contributed by atoms with van der Waals surface area (Å²) in [5.74, 6) is 0.0514. The zero-order valence-corrected chi connectivity index (χ0v) is 15.4. The molecule has 2 amide bonds. The lowest BCUT2D eigenvalue weighted by atomic mass is 9.97. The summed E-state index contributed by atoms with van der Waals surface area (Å²) in [7, 11) is 1.60. The van der Waals surface area contributed by atoms with E-state index in [4.69, 9.17) is 4.74 Å². The van der Waals surface area contributed by atoms with Gasteiger partial charge < -0.3 is 4.74 Å². The molecule has 1 aromatic heterocycles. The predicted octanol–water partition coefficient (Wildman–Crippen LogP) is 3.74. The zero-order chi connectivity index (χ0) is 18.3. The molecule has 1 aliphatic rings. The van der Waals surface area contributed by atoms with Gasteiger partial charge >= 0.3 is 0 Å². The molecule has 1 atom stereocenters. The van der Waals surface area contributed by atoms with Crippen molar-refractivity contribution in [2.75, 3.05) is 12.0 Å². The van der Waals surface area contributed by atoms with Crippen molar-refractivity contribution in [3.63, 3.8) is 0 Å². The Hall–Kier alpha value is -2.73. The molecule has 6 heteroatoms. The lowest BCUT2D eigenvalue weighted by Gasteiger charge is -2.11. The van der Waals surface area contributed by atoms with Gasteiger partial charge in [0.2, 0.25) is 11.8 Å². The zero-order valence-electron chi connectivity index (χ0n) is 14.6. The van der Waals surface area contributed by atoms with Crippen LogP contribution in [0.2, 0.25) is 0 Å². The number of ether oxygens (including phenoxy) is 1. The highest BCUT2D eigenvalue weighted by atomic mass is 32.1. The number of fused-ring (bicyclic) bond motifs is 1. The number of aryl methyl sites for hydroxylation is 1. The van der Waals surface area contributed by atoms with Gasteiger partial charge in [-0.2, -0.15) is 0 Å². The highest BCUT2D eigenvalue weighted by molar-refractivity contribution is 7.22. The third-order valence-corrected chi connectivity index (χ3v) is 5.62. The number of methoxy groups -OCH3 is 1. The standard InChI is InChI=1S/C20H18N2O3S/c1-12-3-5-13(6-4-12)9-14-10-18(23)22(19(14)24)20-21-16-8-7-15(25-2)11-17(16)26-20/h3-8,11,14H,9-10H2,1-2H3/t14-/m0/s1. The maximum Gasteiger partial charge on any atom is 0.239 e. The van der Waals surface area contributed by atoms with Crippen LogP contribution in [0.5, 0.6) is 5.75 Å². The molecule has 0 unspecified atom stereocenters. The molecule has 1 fully saturated rings. The number of carbonyl (C=O) groups is 2. The minimum absolute atomic E-state index is 0.165. The largest absolute Gasteiger partial charge is 0.497 e. The minimum Gasteiger partial charge on any atom is -0.497 e. The quantitative estimate of drug-likeness (QED) is 0.660. The van der Waals surface area contributed by atoms with Crippen LogP contribution in [-0.4, -0.2) is 23.9 Å². The van der Waals surface area contributed by atoms with Gasteiger partial charge in [0.15, 0.2) is 5.13 Å². The highest BCUT2D eigenvalue weighted by Crippen LogP contribution is 2.35. The molecule has 0 N–H and O–H groups in total. The number of rotatable bonds is 4. The average molecular weight is 366 g/mol. The van der Waals surface area contributed by atoms with Crippen molar-refractivity contribution < 1.29 is 14.3 Å². The van der Waals surface area contributed by atoms with E-state index in [1.54, 1.807) is 7.11 Å². The van der Waals surface area contributed by atoms with E-state index < -0.39 is 0 Å². The third kappa shape index (κ3) is 2.97. The summed E-state index contributed by atoms with van der Waals surface area (Å²) < 4.78 is 6.11. The molecule has 2 heterocycles. The molecule has 0 spiro atoms. The van der Waals surface area contributed by atoms with E-state index in [0.29, 0.717) is 11.6 Å². The number of aromatic nitrogens is 1. The first kappa shape index (κ1) is 16.7. The lowest BCUT2D eigenvalue weighted by Crippen LogP contribution is -2.30. The predicted molar refractivity (Wildman–Crippen MR) is 102 cm³/mol. The van der Waals surface area contributed by atoms with Gasteiger partial charge in [-0.15, -0.1) is 0 Å². The summed E-state index contributed by atoms with van der Waals surface area (Å²) in [6, 6.07) is 13.6. The number of amides is 2. The summed E-state index contributed by atoms with van der Waals surface area (Å²) in [5, 5.41) is 0.439. The minimum atomic E-state index is -0.327. The molecule has 5 nitrogen and oxygen atoms in total. The van der Waals surface area contributed by atoms with Gasteiger partial charge in [0, 0.05) is 6.42 Å². The van der Waals surface area contributed by atoms with E-state index in [0.717, 1.165) is 21.5 Å². The second-order valence-electron chi connectivity index (χ2n) is 6.49. The van der Waals surface area contributed by atoms with Gasteiger partial charge in [-0.3, -0.25) is 9.59 Å². The van der Waals surface area contributed by atoms with E-state index in [1.807, 2.05) is 49.4 Å². The second kappa shape index (κ2) is 6.53. The highest BCUT2D eigenvalue weighted by Gasteiger charge is 2.40. The third-order valence-electron chi connectivity index (χ3n) is 4.62. The van der Waals surface area contributed by atoms with Crippen molar-refractivity contribution in [3.8, 4) is 5.75 Å². The maximum atomic E-state index is 12.8. The van der Waals surface area contributed by atoms with E-state index >= 15 is 0 Å². The maximum absolute atomic E-state index is 12.8. The fourth-order valence-corrected chi connectivity index (χ4v) is 4.20. The number of carbonyl (C=O) groups excluding carboxylic acids is 2. The number of benzene rings is 2. The summed E-state index contributed by atoms with van der Waals surface area (Å²) in [6.07, 6.45) is 0.798. The summed E-state index contributed by atoms with van der Waals surface area (Å²) >= 11 is 1.34. The Labute approximate surface area is 155 Å². The average Bonchev–Trinajstić information content (AvgIpc) is 3.16. The van der Waals surface area contributed by atoms with Crippen LogP contribution in [0.1, 0.15) is 17.5 Å². The van der Waals surface area contributed by atoms with Crippen molar-refractivity contribution in [2.24, 2.45) is 5.92 Å². The topological polar surface area (TPSA) is 59.5 Å². The molecular formula is C20H18N2O3S. The summed E-state index contributed by atoms with van der Waals surface area (Å²) in [6.45, 7) is 2.03. The normalized spacial score (nSPS) is 17.3. The summed E-state index contributed by atoms with van der Waals surface area (Å²) in [5.41, 5.74) is 3.00. The SMILES string of the molecule is COc1ccc2nc(N3C(=O)C[C@H](Cc4ccc(C)cc4)C3=O)sc2c1. The molecule has 132 valence electrons. The molecular weight excluding hydrogens is 348 g/mol. The number of anilines is 1. The van der Waals surface area contributed by atoms with Crippen molar-refractivity contribution in [1.82, 2.24) is 4.98 Å². The van der Waals surface area contributed by atoms with Crippen molar-refractivity contribution in [3.05, 3.63) is 53.6 Å². The van der Waals surface area contributed by atoms with Crippen LogP contribution in [0.15, 0.2) is 42.5 Å². The Morgan fingerprint density at radius 2 is 1.96 bits per heavy atom. The van der Waals surface area contributed by atoms with Gasteiger partial charge in [0.25, 0.3) is 0 Å². The van der Waals surface area contributed by atoms with Gasteiger partial charge in [0.05, 0.1) is 23.2 Å². The van der Waals surface area contributed by atoms with Crippen LogP contribution in [0.25, 0.3) is 10.2 Å². The van der Waals surface area contributed by atoms with E-state index in [-0.39, 0.29) is 24.2 Å². The molecule has 2 aromatic carbocycles. The molecule has 4 rings (SSSR count). The van der Waals surface area contributed by atoms with Crippen LogP contribution in [0.4, 0.5) is 5.13 Å². The van der Waals surface area contributed by atoms with Crippen LogP contribution >= 0.6 is 11.3 Å². The fourth-order valence-electron chi connectivity index (χ4n) is 3.18. The first-order valence-corrected chi connectivity index (χ1v) is 9.24. The summed E-state index contributed by atoms with van der Waals surface area (Å²) in [4.78, 5) is 31.0. The Balaban J connectivity index is 1.59. The van der Waals surface area contributed by atoms with Gasteiger partial charge in [0.1, 0.15) is 5.75 Å². The lowest BCUT2D eigenvalue weighted by molar-refractivity contribution is -0.122. The fraction of sp³-hybridized carbons (Fsp3) is 0.250. The van der Waals surface area contributed by atoms with Crippen LogP contribution in [-0.2, 0) is 16.0 Å². The Kier molecular flexibility index (Phi) is 4.20. The van der Waals surface area contributed by atoms with Crippen molar-refractivity contribution in [1.29, 1.82) is 0 Å². The van der Waals surface area contributed by atoms with E-state index in [1.165, 1.54) is 21.8 Å². The van der Waals surface area contributed by atoms with Crippen LogP contribution < -0.4 is 9.64 Å². The number of hydrogen-bond acceptors (Lipinski definition) is 5. The first-order chi connectivity index (χ1) is 12.5. The molecule has 0 aliphatic carbocycles. The number of imide groups is 1. The van der Waals surface area contributed by atoms with E-state index in [9.17, 15) is 9.59 Å². The molecule has 3 aromatic rings. The van der Waals surface area contributed by atoms with Gasteiger partial charge in [-0.25, -0.2) is 9.88 Å². The van der Waals surface area contributed by atoms with Crippen LogP contribution in [0, 0.1) is 12.8 Å². The molecule has 1 aliphatic heterocycles. The molecule has 26 heavy (non-hydrogen) atoms. The Bertz CT molecular complexity index is 994. The van der Waals surface area contributed by atoms with Gasteiger partial charge in [-0.05, 0) is 37.1 Å². The number of nitrogens with zero attached hydrogens (tertiary/aromatic N) is 2. The first-order valence-electron chi connectivity index (χ1n) is 8.42. The number of hydrogen-bond donors (Lipinski definition) is 0. The Morgan fingerprint density at radius 1 is 1.19 bits per heavy atom. The second-order valence-corrected chi connectivity index (χ2v) is 7.50. The van der Waals surface area contributed by atoms with Crippen LogP contribution in [0.3, 0.4) is 0 Å².